The summed E-state index contributed by atoms with van der Waals surface area (Å²) in [5, 5.41) is 8.84. The van der Waals surface area contributed by atoms with Crippen molar-refractivity contribution >= 4 is 12.6 Å². The number of hydrogen-bond donors (Lipinski definition) is 0. The molecular weight excluding hydrogens is 299 g/mol. The van der Waals surface area contributed by atoms with E-state index in [9.17, 15) is 0 Å². The van der Waals surface area contributed by atoms with Gasteiger partial charge in [0.25, 0.3) is 0 Å². The Morgan fingerprint density at radius 1 is 0.958 bits per heavy atom. The fraction of sp³-hybridized carbons (Fsp3) is 0.368. The minimum absolute atomic E-state index is 0.325. The Hall–Kier alpha value is -2.16. The van der Waals surface area contributed by atoms with Gasteiger partial charge in [-0.15, -0.1) is 0 Å². The SMILES string of the molecule is CC1(C)OB(c2ccc(C[n+]3ccc(C#N)cc3)cc2)OC1(C)C. The molecule has 0 unspecified atom stereocenters. The van der Waals surface area contributed by atoms with Gasteiger partial charge >= 0.3 is 7.12 Å². The molecule has 0 radical (unpaired) electrons. The van der Waals surface area contributed by atoms with Gasteiger partial charge in [0.15, 0.2) is 18.9 Å². The Kier molecular flexibility index (Phi) is 4.21. The van der Waals surface area contributed by atoms with Crippen LogP contribution >= 0.6 is 0 Å². The molecule has 0 amide bonds. The smallest absolute Gasteiger partial charge is 0.399 e. The molecule has 5 heteroatoms. The number of rotatable bonds is 3. The maximum atomic E-state index is 8.84. The monoisotopic (exact) mass is 321 g/mol. The van der Waals surface area contributed by atoms with Crippen LogP contribution in [0.4, 0.5) is 0 Å². The Morgan fingerprint density at radius 3 is 2.00 bits per heavy atom. The minimum atomic E-state index is -0.327. The number of benzene rings is 1. The lowest BCUT2D eigenvalue weighted by molar-refractivity contribution is -0.688. The average Bonchev–Trinajstić information content (AvgIpc) is 2.77. The molecule has 2 heterocycles. The van der Waals surface area contributed by atoms with Gasteiger partial charge in [0.2, 0.25) is 0 Å². The van der Waals surface area contributed by atoms with Crippen molar-refractivity contribution in [3.8, 4) is 6.07 Å². The third-order valence-electron chi connectivity index (χ3n) is 4.89. The lowest BCUT2D eigenvalue weighted by atomic mass is 9.79. The van der Waals surface area contributed by atoms with Crippen LogP contribution in [0.3, 0.4) is 0 Å². The Morgan fingerprint density at radius 2 is 1.50 bits per heavy atom. The highest BCUT2D eigenvalue weighted by Crippen LogP contribution is 2.36. The van der Waals surface area contributed by atoms with Crippen LogP contribution in [0.2, 0.25) is 0 Å². The molecule has 1 aromatic carbocycles. The lowest BCUT2D eigenvalue weighted by Crippen LogP contribution is -2.41. The number of pyridine rings is 1. The second kappa shape index (κ2) is 6.05. The number of aromatic nitrogens is 1. The molecule has 0 aliphatic carbocycles. The summed E-state index contributed by atoms with van der Waals surface area (Å²) in [6, 6.07) is 14.1. The summed E-state index contributed by atoms with van der Waals surface area (Å²) in [6.45, 7) is 8.99. The molecule has 24 heavy (non-hydrogen) atoms. The molecule has 0 spiro atoms. The average molecular weight is 321 g/mol. The molecule has 0 saturated carbocycles. The zero-order valence-electron chi connectivity index (χ0n) is 14.6. The summed E-state index contributed by atoms with van der Waals surface area (Å²) < 4.78 is 14.2. The number of nitriles is 1. The summed E-state index contributed by atoms with van der Waals surface area (Å²) >= 11 is 0. The van der Waals surface area contributed by atoms with Crippen LogP contribution in [0.5, 0.6) is 0 Å². The van der Waals surface area contributed by atoms with Crippen LogP contribution < -0.4 is 10.0 Å². The van der Waals surface area contributed by atoms with E-state index in [4.69, 9.17) is 14.6 Å². The quantitative estimate of drug-likeness (QED) is 0.643. The van der Waals surface area contributed by atoms with E-state index in [0.717, 1.165) is 12.0 Å². The van der Waals surface area contributed by atoms with Gasteiger partial charge < -0.3 is 9.31 Å². The van der Waals surface area contributed by atoms with Gasteiger partial charge in [-0.3, -0.25) is 0 Å². The Balaban J connectivity index is 1.71. The van der Waals surface area contributed by atoms with E-state index in [2.05, 4.69) is 58.0 Å². The molecule has 0 atom stereocenters. The first-order valence-corrected chi connectivity index (χ1v) is 8.14. The normalized spacial score (nSPS) is 18.4. The van der Waals surface area contributed by atoms with Crippen LogP contribution in [0.1, 0.15) is 38.8 Å². The van der Waals surface area contributed by atoms with Crippen molar-refractivity contribution in [1.29, 1.82) is 5.26 Å². The zero-order valence-corrected chi connectivity index (χ0v) is 14.6. The molecule has 2 aromatic rings. The highest BCUT2D eigenvalue weighted by molar-refractivity contribution is 6.62. The van der Waals surface area contributed by atoms with E-state index in [0.29, 0.717) is 5.56 Å². The molecule has 0 bridgehead atoms. The topological polar surface area (TPSA) is 46.1 Å². The summed E-state index contributed by atoms with van der Waals surface area (Å²) in [4.78, 5) is 0. The molecular formula is C19H22BN2O2+. The second-order valence-electron chi connectivity index (χ2n) is 7.20. The largest absolute Gasteiger partial charge is 0.494 e. The molecule has 0 N–H and O–H groups in total. The van der Waals surface area contributed by atoms with Crippen LogP contribution in [0, 0.1) is 11.3 Å². The summed E-state index contributed by atoms with van der Waals surface area (Å²) in [5.74, 6) is 0. The molecule has 1 aromatic heterocycles. The van der Waals surface area contributed by atoms with E-state index < -0.39 is 0 Å². The van der Waals surface area contributed by atoms with E-state index >= 15 is 0 Å². The van der Waals surface area contributed by atoms with Crippen LogP contribution in [-0.2, 0) is 15.9 Å². The van der Waals surface area contributed by atoms with Crippen molar-refractivity contribution in [3.63, 3.8) is 0 Å². The van der Waals surface area contributed by atoms with Crippen molar-refractivity contribution in [2.24, 2.45) is 0 Å². The molecule has 3 rings (SSSR count). The van der Waals surface area contributed by atoms with Gasteiger partial charge in [-0.05, 0) is 33.2 Å². The molecule has 1 aliphatic heterocycles. The molecule has 1 fully saturated rings. The van der Waals surface area contributed by atoms with E-state index in [-0.39, 0.29) is 18.3 Å². The standard InChI is InChI=1S/C19H22BN2O2/c1-18(2)19(3,4)24-20(23-18)17-7-5-16(6-8-17)14-22-11-9-15(13-21)10-12-22/h5-12H,14H2,1-4H3/q+1. The zero-order chi connectivity index (χ0) is 17.4. The predicted octanol–water partition coefficient (Wildman–Crippen LogP) is 2.19. The van der Waals surface area contributed by atoms with Gasteiger partial charge in [-0.25, -0.2) is 4.57 Å². The fourth-order valence-corrected chi connectivity index (χ4v) is 2.61. The maximum absolute atomic E-state index is 8.84. The number of nitrogens with zero attached hydrogens (tertiary/aromatic N) is 2. The fourth-order valence-electron chi connectivity index (χ4n) is 2.61. The highest BCUT2D eigenvalue weighted by Gasteiger charge is 2.51. The van der Waals surface area contributed by atoms with Crippen molar-refractivity contribution < 1.29 is 13.9 Å². The van der Waals surface area contributed by atoms with Crippen molar-refractivity contribution in [1.82, 2.24) is 0 Å². The van der Waals surface area contributed by atoms with Gasteiger partial charge in [-0.1, -0.05) is 24.3 Å². The van der Waals surface area contributed by atoms with Gasteiger partial charge in [0, 0.05) is 17.7 Å². The molecule has 4 nitrogen and oxygen atoms in total. The maximum Gasteiger partial charge on any atom is 0.494 e. The second-order valence-corrected chi connectivity index (χ2v) is 7.20. The third-order valence-corrected chi connectivity index (χ3v) is 4.89. The Labute approximate surface area is 143 Å². The van der Waals surface area contributed by atoms with Crippen molar-refractivity contribution in [2.45, 2.75) is 45.4 Å². The first kappa shape index (κ1) is 16.7. The van der Waals surface area contributed by atoms with Crippen LogP contribution in [-0.4, -0.2) is 18.3 Å². The van der Waals surface area contributed by atoms with Crippen molar-refractivity contribution in [2.75, 3.05) is 0 Å². The highest BCUT2D eigenvalue weighted by atomic mass is 16.7. The van der Waals surface area contributed by atoms with Gasteiger partial charge in [-0.2, -0.15) is 5.26 Å². The lowest BCUT2D eigenvalue weighted by Gasteiger charge is -2.32. The minimum Gasteiger partial charge on any atom is -0.399 e. The number of hydrogen-bond acceptors (Lipinski definition) is 3. The van der Waals surface area contributed by atoms with Crippen LogP contribution in [0.15, 0.2) is 48.8 Å². The van der Waals surface area contributed by atoms with E-state index in [1.165, 1.54) is 5.56 Å². The predicted molar refractivity (Wildman–Crippen MR) is 92.6 cm³/mol. The van der Waals surface area contributed by atoms with Crippen molar-refractivity contribution in [3.05, 3.63) is 59.9 Å². The van der Waals surface area contributed by atoms with Crippen LogP contribution in [0.25, 0.3) is 0 Å². The first-order chi connectivity index (χ1) is 11.3. The summed E-state index contributed by atoms with van der Waals surface area (Å²) in [6.07, 6.45) is 3.83. The molecule has 122 valence electrons. The third kappa shape index (κ3) is 3.21. The Bertz CT molecular complexity index is 745. The molecule has 1 saturated heterocycles. The summed E-state index contributed by atoms with van der Waals surface area (Å²) in [5.41, 5.74) is 2.23. The van der Waals surface area contributed by atoms with E-state index in [1.54, 1.807) is 0 Å². The van der Waals surface area contributed by atoms with Gasteiger partial charge in [0.1, 0.15) is 0 Å². The summed E-state index contributed by atoms with van der Waals surface area (Å²) in [7, 11) is -0.327. The first-order valence-electron chi connectivity index (χ1n) is 8.14. The molecule has 1 aliphatic rings. The van der Waals surface area contributed by atoms with E-state index in [1.807, 2.05) is 29.1 Å². The van der Waals surface area contributed by atoms with Gasteiger partial charge in [0.05, 0.1) is 22.8 Å².